The molecule has 0 atom stereocenters. The fourth-order valence-electron chi connectivity index (χ4n) is 3.33. The van der Waals surface area contributed by atoms with Gasteiger partial charge in [-0.25, -0.2) is 8.42 Å². The van der Waals surface area contributed by atoms with Crippen LogP contribution in [-0.4, -0.2) is 75.6 Å². The molecule has 1 fully saturated rings. The second-order valence-electron chi connectivity index (χ2n) is 6.26. The van der Waals surface area contributed by atoms with E-state index >= 15 is 0 Å². The molecule has 10 heteroatoms. The molecule has 0 saturated carbocycles. The Kier molecular flexibility index (Phi) is 5.59. The predicted octanol–water partition coefficient (Wildman–Crippen LogP) is 0.514. The Bertz CT molecular complexity index is 858. The Hall–Kier alpha value is -1.20. The van der Waals surface area contributed by atoms with Crippen molar-refractivity contribution in [1.82, 2.24) is 12.9 Å². The summed E-state index contributed by atoms with van der Waals surface area (Å²) >= 11 is 0. The van der Waals surface area contributed by atoms with Crippen molar-refractivity contribution in [1.29, 1.82) is 0 Å². The second kappa shape index (κ2) is 7.43. The number of nitrogens with zero attached hydrogens (tertiary/aromatic N) is 3. The minimum atomic E-state index is -3.64. The zero-order valence-corrected chi connectivity index (χ0v) is 16.7. The zero-order valence-electron chi connectivity index (χ0n) is 15.1. The summed E-state index contributed by atoms with van der Waals surface area (Å²) in [5, 5.41) is 0. The lowest BCUT2D eigenvalue weighted by atomic mass is 10.2. The highest BCUT2D eigenvalue weighted by atomic mass is 32.2. The van der Waals surface area contributed by atoms with Crippen molar-refractivity contribution in [2.45, 2.75) is 25.2 Å². The van der Waals surface area contributed by atoms with Gasteiger partial charge in [0, 0.05) is 45.7 Å². The number of sulfonamides is 1. The summed E-state index contributed by atoms with van der Waals surface area (Å²) in [6.45, 7) is 5.56. The number of hydrogen-bond donors (Lipinski definition) is 0. The van der Waals surface area contributed by atoms with Gasteiger partial charge < -0.3 is 4.74 Å². The van der Waals surface area contributed by atoms with Crippen LogP contribution in [0.15, 0.2) is 23.1 Å². The van der Waals surface area contributed by atoms with Crippen LogP contribution in [-0.2, 0) is 26.7 Å². The Morgan fingerprint density at radius 1 is 1.00 bits per heavy atom. The third-order valence-corrected chi connectivity index (χ3v) is 8.94. The number of piperazine rings is 1. The summed E-state index contributed by atoms with van der Waals surface area (Å²) in [5.74, 6) is 0.735. The van der Waals surface area contributed by atoms with E-state index in [1.165, 1.54) is 12.9 Å². The summed E-state index contributed by atoms with van der Waals surface area (Å²) in [7, 11) is -7.18. The third-order valence-electron chi connectivity index (χ3n) is 4.85. The van der Waals surface area contributed by atoms with Crippen LogP contribution in [0.2, 0.25) is 0 Å². The molecular weight excluding hydrogens is 378 g/mol. The van der Waals surface area contributed by atoms with E-state index in [2.05, 4.69) is 0 Å². The lowest BCUT2D eigenvalue weighted by Gasteiger charge is -2.35. The van der Waals surface area contributed by atoms with E-state index in [0.29, 0.717) is 26.1 Å². The van der Waals surface area contributed by atoms with E-state index in [4.69, 9.17) is 4.74 Å². The Labute approximate surface area is 155 Å². The van der Waals surface area contributed by atoms with Gasteiger partial charge in [-0.3, -0.25) is 0 Å². The summed E-state index contributed by atoms with van der Waals surface area (Å²) in [6, 6.07) is 4.91. The van der Waals surface area contributed by atoms with Gasteiger partial charge in [-0.15, -0.1) is 0 Å². The lowest BCUT2D eigenvalue weighted by Crippen LogP contribution is -2.54. The molecule has 0 bridgehead atoms. The molecule has 2 aliphatic rings. The van der Waals surface area contributed by atoms with Crippen LogP contribution < -0.4 is 4.74 Å². The van der Waals surface area contributed by atoms with E-state index in [9.17, 15) is 16.8 Å². The van der Waals surface area contributed by atoms with E-state index in [1.54, 1.807) is 32.0 Å². The highest BCUT2D eigenvalue weighted by molar-refractivity contribution is 7.89. The summed E-state index contributed by atoms with van der Waals surface area (Å²) in [6.07, 6.45) is 0.703. The van der Waals surface area contributed by atoms with Crippen molar-refractivity contribution in [2.75, 3.05) is 45.9 Å². The minimum Gasteiger partial charge on any atom is -0.493 e. The first-order chi connectivity index (χ1) is 12.3. The molecule has 1 aromatic rings. The number of fused-ring (bicyclic) bond motifs is 1. The minimum absolute atomic E-state index is 0.149. The molecule has 3 rings (SSSR count). The largest absolute Gasteiger partial charge is 0.493 e. The van der Waals surface area contributed by atoms with Gasteiger partial charge in [-0.05, 0) is 23.8 Å². The van der Waals surface area contributed by atoms with Crippen molar-refractivity contribution in [3.8, 4) is 5.75 Å². The zero-order chi connectivity index (χ0) is 18.9. The molecule has 0 amide bonds. The van der Waals surface area contributed by atoms with Gasteiger partial charge in [0.15, 0.2) is 0 Å². The van der Waals surface area contributed by atoms with Crippen molar-refractivity contribution in [2.24, 2.45) is 0 Å². The molecular formula is C16H25N3O5S2. The highest BCUT2D eigenvalue weighted by Crippen LogP contribution is 2.29. The molecule has 1 aromatic carbocycles. The van der Waals surface area contributed by atoms with Crippen molar-refractivity contribution in [3.63, 3.8) is 0 Å². The van der Waals surface area contributed by atoms with Gasteiger partial charge in [-0.1, -0.05) is 13.8 Å². The predicted molar refractivity (Wildman–Crippen MR) is 97.8 cm³/mol. The van der Waals surface area contributed by atoms with Crippen LogP contribution in [0.1, 0.15) is 19.4 Å². The smallest absolute Gasteiger partial charge is 0.282 e. The van der Waals surface area contributed by atoms with E-state index in [-0.39, 0.29) is 31.1 Å². The SMILES string of the molecule is CCN(CC)S(=O)(=O)N1CCN(S(=O)(=O)c2ccc3c(c2)CCO3)CC1. The van der Waals surface area contributed by atoms with Gasteiger partial charge in [0.25, 0.3) is 10.2 Å². The Morgan fingerprint density at radius 3 is 2.23 bits per heavy atom. The number of hydrogen-bond acceptors (Lipinski definition) is 5. The van der Waals surface area contributed by atoms with Crippen LogP contribution >= 0.6 is 0 Å². The lowest BCUT2D eigenvalue weighted by molar-refractivity contribution is 0.256. The summed E-state index contributed by atoms with van der Waals surface area (Å²) < 4.78 is 60.5. The molecule has 0 radical (unpaired) electrons. The van der Waals surface area contributed by atoms with Crippen molar-refractivity contribution < 1.29 is 21.6 Å². The molecule has 0 spiro atoms. The molecule has 2 heterocycles. The molecule has 0 N–H and O–H groups in total. The van der Waals surface area contributed by atoms with E-state index in [1.807, 2.05) is 0 Å². The van der Waals surface area contributed by atoms with Crippen LogP contribution in [0.4, 0.5) is 0 Å². The average Bonchev–Trinajstić information content (AvgIpc) is 3.10. The maximum atomic E-state index is 12.9. The van der Waals surface area contributed by atoms with Crippen molar-refractivity contribution in [3.05, 3.63) is 23.8 Å². The molecule has 26 heavy (non-hydrogen) atoms. The molecule has 8 nitrogen and oxygen atoms in total. The van der Waals surface area contributed by atoms with Gasteiger partial charge >= 0.3 is 0 Å². The first kappa shape index (κ1) is 19.6. The number of rotatable bonds is 6. The molecule has 0 aliphatic carbocycles. The normalized spacial score (nSPS) is 19.5. The third kappa shape index (κ3) is 3.48. The second-order valence-corrected chi connectivity index (χ2v) is 10.1. The fraction of sp³-hybridized carbons (Fsp3) is 0.625. The van der Waals surface area contributed by atoms with Crippen LogP contribution in [0.5, 0.6) is 5.75 Å². The van der Waals surface area contributed by atoms with Crippen molar-refractivity contribution >= 4 is 20.2 Å². The maximum absolute atomic E-state index is 12.9. The van der Waals surface area contributed by atoms with Crippen LogP contribution in [0, 0.1) is 0 Å². The average molecular weight is 404 g/mol. The standard InChI is InChI=1S/C16H25N3O5S2/c1-3-17(4-2)26(22,23)19-10-8-18(9-11-19)25(20,21)15-5-6-16-14(13-15)7-12-24-16/h5-6,13H,3-4,7-12H2,1-2H3. The Morgan fingerprint density at radius 2 is 1.62 bits per heavy atom. The fourth-order valence-corrected chi connectivity index (χ4v) is 6.40. The number of benzene rings is 1. The quantitative estimate of drug-likeness (QED) is 0.691. The summed E-state index contributed by atoms with van der Waals surface area (Å²) in [5.41, 5.74) is 0.897. The summed E-state index contributed by atoms with van der Waals surface area (Å²) in [4.78, 5) is 0.238. The highest BCUT2D eigenvalue weighted by Gasteiger charge is 2.35. The first-order valence-corrected chi connectivity index (χ1v) is 11.7. The van der Waals surface area contributed by atoms with Gasteiger partial charge in [0.2, 0.25) is 10.0 Å². The van der Waals surface area contributed by atoms with Gasteiger partial charge in [0.1, 0.15) is 5.75 Å². The monoisotopic (exact) mass is 403 g/mol. The topological polar surface area (TPSA) is 87.2 Å². The molecule has 0 unspecified atom stereocenters. The number of ether oxygens (including phenoxy) is 1. The molecule has 0 aromatic heterocycles. The Balaban J connectivity index is 1.73. The molecule has 2 aliphatic heterocycles. The first-order valence-electron chi connectivity index (χ1n) is 8.81. The van der Waals surface area contributed by atoms with Gasteiger partial charge in [-0.2, -0.15) is 21.3 Å². The van der Waals surface area contributed by atoms with Crippen LogP contribution in [0.25, 0.3) is 0 Å². The maximum Gasteiger partial charge on any atom is 0.282 e. The molecule has 146 valence electrons. The molecule has 1 saturated heterocycles. The van der Waals surface area contributed by atoms with Crippen LogP contribution in [0.3, 0.4) is 0 Å². The van der Waals surface area contributed by atoms with E-state index < -0.39 is 20.2 Å². The van der Waals surface area contributed by atoms with E-state index in [0.717, 1.165) is 11.3 Å². The van der Waals surface area contributed by atoms with Gasteiger partial charge in [0.05, 0.1) is 11.5 Å².